The second-order valence-corrected chi connectivity index (χ2v) is 8.33. The summed E-state index contributed by atoms with van der Waals surface area (Å²) < 4.78 is 16.4. The first-order chi connectivity index (χ1) is 16.3. The van der Waals surface area contributed by atoms with Crippen molar-refractivity contribution in [3.05, 3.63) is 82.7 Å². The number of aromatic nitrogens is 1. The van der Waals surface area contributed by atoms with Crippen molar-refractivity contribution in [3.8, 4) is 11.5 Å². The number of anilines is 1. The monoisotopic (exact) mass is 475 g/mol. The number of amides is 1. The number of fused-ring (bicyclic) bond motifs is 1. The molecule has 0 aliphatic heterocycles. The van der Waals surface area contributed by atoms with Gasteiger partial charge in [-0.1, -0.05) is 18.2 Å². The molecule has 0 aliphatic rings. The fourth-order valence-electron chi connectivity index (χ4n) is 3.66. The molecule has 1 heterocycles. The summed E-state index contributed by atoms with van der Waals surface area (Å²) in [5.41, 5.74) is 6.12. The third-order valence-electron chi connectivity index (χ3n) is 5.27. The molecule has 0 saturated heterocycles. The molecule has 2 N–H and O–H groups in total. The molecule has 0 atom stereocenters. The van der Waals surface area contributed by atoms with Crippen molar-refractivity contribution in [1.82, 2.24) is 10.3 Å². The number of aryl methyl sites for hydroxylation is 2. The number of carbonyl (C=O) groups is 1. The van der Waals surface area contributed by atoms with E-state index in [1.54, 1.807) is 18.2 Å². The molecule has 0 bridgehead atoms. The van der Waals surface area contributed by atoms with Crippen LogP contribution >= 0.6 is 12.2 Å². The molecule has 0 radical (unpaired) electrons. The van der Waals surface area contributed by atoms with Crippen LogP contribution in [0.15, 0.2) is 59.0 Å². The van der Waals surface area contributed by atoms with E-state index in [2.05, 4.69) is 21.7 Å². The van der Waals surface area contributed by atoms with E-state index >= 15 is 0 Å². The first-order valence-corrected chi connectivity index (χ1v) is 11.1. The Labute approximate surface area is 203 Å². The molecule has 0 spiro atoms. The highest BCUT2D eigenvalue weighted by Gasteiger charge is 2.13. The lowest BCUT2D eigenvalue weighted by Crippen LogP contribution is -2.34. The quantitative estimate of drug-likeness (QED) is 0.372. The zero-order valence-electron chi connectivity index (χ0n) is 19.4. The van der Waals surface area contributed by atoms with Gasteiger partial charge in [0.15, 0.2) is 16.6 Å². The van der Waals surface area contributed by atoms with E-state index in [9.17, 15) is 4.79 Å². The van der Waals surface area contributed by atoms with Gasteiger partial charge in [-0.15, -0.1) is 0 Å². The topological polar surface area (TPSA) is 85.6 Å². The summed E-state index contributed by atoms with van der Waals surface area (Å²) in [5, 5.41) is 5.88. The number of carbonyl (C=O) groups excluding carboxylic acids is 1. The maximum Gasteiger partial charge on any atom is 0.257 e. The Hall–Kier alpha value is -3.91. The van der Waals surface area contributed by atoms with Crippen molar-refractivity contribution in [2.45, 2.75) is 20.3 Å². The third-order valence-corrected chi connectivity index (χ3v) is 5.48. The molecular weight excluding hydrogens is 450 g/mol. The Kier molecular flexibility index (Phi) is 6.79. The largest absolute Gasteiger partial charge is 0.497 e. The number of hydrogen-bond acceptors (Lipinski definition) is 6. The van der Waals surface area contributed by atoms with Crippen LogP contribution in [0.1, 0.15) is 32.9 Å². The van der Waals surface area contributed by atoms with Gasteiger partial charge >= 0.3 is 0 Å². The second kappa shape index (κ2) is 9.93. The van der Waals surface area contributed by atoms with Crippen molar-refractivity contribution in [2.75, 3.05) is 19.5 Å². The number of oxazole rings is 1. The van der Waals surface area contributed by atoms with Crippen LogP contribution in [0.3, 0.4) is 0 Å². The molecule has 3 aromatic carbocycles. The summed E-state index contributed by atoms with van der Waals surface area (Å²) >= 11 is 5.30. The third kappa shape index (κ3) is 5.35. The molecule has 0 fully saturated rings. The number of benzene rings is 3. The molecule has 1 amide bonds. The van der Waals surface area contributed by atoms with Crippen LogP contribution in [-0.2, 0) is 6.42 Å². The molecule has 0 unspecified atom stereocenters. The number of ether oxygens (including phenoxy) is 2. The van der Waals surface area contributed by atoms with Gasteiger partial charge in [-0.2, -0.15) is 0 Å². The van der Waals surface area contributed by atoms with Gasteiger partial charge < -0.3 is 19.2 Å². The number of nitrogens with zero attached hydrogens (tertiary/aromatic N) is 1. The molecule has 7 nitrogen and oxygen atoms in total. The highest BCUT2D eigenvalue weighted by Crippen LogP contribution is 2.24. The predicted octanol–water partition coefficient (Wildman–Crippen LogP) is 5.18. The van der Waals surface area contributed by atoms with Gasteiger partial charge in [-0.25, -0.2) is 4.98 Å². The second-order valence-electron chi connectivity index (χ2n) is 7.92. The van der Waals surface area contributed by atoms with Crippen molar-refractivity contribution >= 4 is 40.0 Å². The summed E-state index contributed by atoms with van der Waals surface area (Å²) in [6.07, 6.45) is 0.576. The average molecular weight is 476 g/mol. The van der Waals surface area contributed by atoms with Gasteiger partial charge in [0.2, 0.25) is 0 Å². The summed E-state index contributed by atoms with van der Waals surface area (Å²) in [6, 6.07) is 16.7. The van der Waals surface area contributed by atoms with Gasteiger partial charge in [0.1, 0.15) is 17.0 Å². The summed E-state index contributed by atoms with van der Waals surface area (Å²) in [5.74, 6) is 1.33. The van der Waals surface area contributed by atoms with E-state index in [0.29, 0.717) is 29.4 Å². The summed E-state index contributed by atoms with van der Waals surface area (Å²) in [4.78, 5) is 17.2. The predicted molar refractivity (Wildman–Crippen MR) is 136 cm³/mol. The molecule has 1 aromatic heterocycles. The molecule has 8 heteroatoms. The molecule has 34 heavy (non-hydrogen) atoms. The Morgan fingerprint density at radius 2 is 1.68 bits per heavy atom. The van der Waals surface area contributed by atoms with Crippen molar-refractivity contribution in [1.29, 1.82) is 0 Å². The zero-order chi connectivity index (χ0) is 24.2. The Morgan fingerprint density at radius 3 is 2.32 bits per heavy atom. The van der Waals surface area contributed by atoms with Crippen LogP contribution in [0.2, 0.25) is 0 Å². The smallest absolute Gasteiger partial charge is 0.257 e. The standard InChI is InChI=1S/C26H25N3O4S/c1-15-9-16(2)24-22(10-15)28-23(33-24)11-17-5-7-19(8-6-17)27-26(34)29-25(30)18-12-20(31-3)14-21(13-18)32-4/h5-10,12-14H,11H2,1-4H3,(H2,27,29,30,34). The number of nitrogens with one attached hydrogen (secondary N) is 2. The van der Waals surface area contributed by atoms with Gasteiger partial charge in [-0.05, 0) is 73.1 Å². The molecular formula is C26H25N3O4S. The lowest BCUT2D eigenvalue weighted by molar-refractivity contribution is 0.0977. The lowest BCUT2D eigenvalue weighted by Gasteiger charge is -2.11. The Bertz CT molecular complexity index is 1340. The molecule has 0 aliphatic carbocycles. The van der Waals surface area contributed by atoms with Gasteiger partial charge in [-0.3, -0.25) is 10.1 Å². The molecule has 0 saturated carbocycles. The minimum Gasteiger partial charge on any atom is -0.497 e. The maximum absolute atomic E-state index is 12.6. The van der Waals surface area contributed by atoms with E-state index < -0.39 is 0 Å². The minimum atomic E-state index is -0.368. The van der Waals surface area contributed by atoms with Gasteiger partial charge in [0.05, 0.1) is 14.2 Å². The normalized spacial score (nSPS) is 10.7. The van der Waals surface area contributed by atoms with Crippen LogP contribution in [0.25, 0.3) is 11.1 Å². The first kappa shape index (κ1) is 23.3. The zero-order valence-corrected chi connectivity index (χ0v) is 20.2. The number of rotatable bonds is 6. The summed E-state index contributed by atoms with van der Waals surface area (Å²) in [7, 11) is 3.05. The van der Waals surface area contributed by atoms with Crippen molar-refractivity contribution in [3.63, 3.8) is 0 Å². The number of thiocarbonyl (C=S) groups is 1. The van der Waals surface area contributed by atoms with Crippen molar-refractivity contribution in [2.24, 2.45) is 0 Å². The SMILES string of the molecule is COc1cc(OC)cc(C(=O)NC(=S)Nc2ccc(Cc3nc4cc(C)cc(C)c4o3)cc2)c1. The molecule has 4 rings (SSSR count). The number of methoxy groups -OCH3 is 2. The average Bonchev–Trinajstić information content (AvgIpc) is 3.22. The fourth-order valence-corrected chi connectivity index (χ4v) is 3.87. The highest BCUT2D eigenvalue weighted by molar-refractivity contribution is 7.80. The van der Waals surface area contributed by atoms with E-state index in [-0.39, 0.29) is 11.0 Å². The van der Waals surface area contributed by atoms with Crippen LogP contribution < -0.4 is 20.1 Å². The number of hydrogen-bond donors (Lipinski definition) is 2. The van der Waals surface area contributed by atoms with Crippen molar-refractivity contribution < 1.29 is 18.7 Å². The minimum absolute atomic E-state index is 0.185. The van der Waals surface area contributed by atoms with Crippen LogP contribution in [0.4, 0.5) is 5.69 Å². The molecule has 4 aromatic rings. The van der Waals surface area contributed by atoms with Gasteiger partial charge in [0.25, 0.3) is 5.91 Å². The van der Waals surface area contributed by atoms with Crippen LogP contribution in [0, 0.1) is 13.8 Å². The Balaban J connectivity index is 1.38. The van der Waals surface area contributed by atoms with Crippen LogP contribution in [0.5, 0.6) is 11.5 Å². The first-order valence-electron chi connectivity index (χ1n) is 10.7. The fraction of sp³-hybridized carbons (Fsp3) is 0.192. The summed E-state index contributed by atoms with van der Waals surface area (Å²) in [6.45, 7) is 4.07. The molecule has 174 valence electrons. The van der Waals surface area contributed by atoms with Crippen LogP contribution in [-0.4, -0.2) is 30.2 Å². The highest BCUT2D eigenvalue weighted by atomic mass is 32.1. The van der Waals surface area contributed by atoms with E-state index in [1.165, 1.54) is 14.2 Å². The Morgan fingerprint density at radius 1 is 1.00 bits per heavy atom. The maximum atomic E-state index is 12.6. The van der Waals surface area contributed by atoms with E-state index in [0.717, 1.165) is 33.5 Å². The van der Waals surface area contributed by atoms with E-state index in [1.807, 2.05) is 44.2 Å². The van der Waals surface area contributed by atoms with Gasteiger partial charge in [0, 0.05) is 23.7 Å². The van der Waals surface area contributed by atoms with E-state index in [4.69, 9.17) is 26.1 Å². The lowest BCUT2D eigenvalue weighted by atomic mass is 10.1.